The van der Waals surface area contributed by atoms with Crippen molar-refractivity contribution >= 4 is 17.2 Å². The first-order chi connectivity index (χ1) is 8.68. The van der Waals surface area contributed by atoms with Crippen molar-refractivity contribution in [3.63, 3.8) is 0 Å². The van der Waals surface area contributed by atoms with Gasteiger partial charge in [0.1, 0.15) is 0 Å². The molecule has 1 saturated carbocycles. The molecule has 3 nitrogen and oxygen atoms in total. The zero-order valence-corrected chi connectivity index (χ0v) is 12.0. The van der Waals surface area contributed by atoms with Gasteiger partial charge in [-0.15, -0.1) is 11.3 Å². The summed E-state index contributed by atoms with van der Waals surface area (Å²) in [5, 5.41) is 8.36. The molecule has 0 aliphatic heterocycles. The number of thiophene rings is 1. The molecular weight excluding hydrogens is 244 g/mol. The first-order valence-corrected chi connectivity index (χ1v) is 7.52. The summed E-state index contributed by atoms with van der Waals surface area (Å²) in [5.74, 6) is 0.234. The molecule has 0 atom stereocenters. The molecule has 2 rings (SSSR count). The van der Waals surface area contributed by atoms with Crippen molar-refractivity contribution in [2.75, 3.05) is 20.1 Å². The van der Waals surface area contributed by atoms with Crippen LogP contribution < -0.4 is 10.6 Å². The summed E-state index contributed by atoms with van der Waals surface area (Å²) in [4.78, 5) is 13.6. The molecule has 4 heteroatoms. The van der Waals surface area contributed by atoms with Crippen LogP contribution in [0.25, 0.3) is 0 Å². The number of amides is 1. The fourth-order valence-electron chi connectivity index (χ4n) is 2.56. The van der Waals surface area contributed by atoms with Crippen LogP contribution in [0.2, 0.25) is 0 Å². The quantitative estimate of drug-likeness (QED) is 0.828. The monoisotopic (exact) mass is 266 g/mol. The largest absolute Gasteiger partial charge is 0.355 e. The van der Waals surface area contributed by atoms with Crippen molar-refractivity contribution in [1.82, 2.24) is 10.6 Å². The van der Waals surface area contributed by atoms with E-state index in [1.807, 2.05) is 7.05 Å². The summed E-state index contributed by atoms with van der Waals surface area (Å²) >= 11 is 1.78. The summed E-state index contributed by atoms with van der Waals surface area (Å²) in [6.45, 7) is 3.69. The first kappa shape index (κ1) is 13.6. The van der Waals surface area contributed by atoms with E-state index in [2.05, 4.69) is 29.0 Å². The Labute approximate surface area is 113 Å². The third-order valence-electron chi connectivity index (χ3n) is 3.91. The van der Waals surface area contributed by atoms with Crippen molar-refractivity contribution in [2.24, 2.45) is 5.41 Å². The van der Waals surface area contributed by atoms with Crippen LogP contribution in [0.3, 0.4) is 0 Å². The predicted molar refractivity (Wildman–Crippen MR) is 76.0 cm³/mol. The molecule has 0 radical (unpaired) electrons. The fourth-order valence-corrected chi connectivity index (χ4v) is 3.47. The molecule has 1 fully saturated rings. The molecule has 0 saturated heterocycles. The van der Waals surface area contributed by atoms with Crippen molar-refractivity contribution in [3.05, 3.63) is 21.9 Å². The summed E-state index contributed by atoms with van der Waals surface area (Å²) < 4.78 is 0. The van der Waals surface area contributed by atoms with Crippen molar-refractivity contribution in [2.45, 2.75) is 32.6 Å². The third-order valence-corrected chi connectivity index (χ3v) is 5.00. The van der Waals surface area contributed by atoms with Gasteiger partial charge in [0.2, 0.25) is 5.91 Å². The lowest BCUT2D eigenvalue weighted by Gasteiger charge is -2.40. The van der Waals surface area contributed by atoms with Crippen LogP contribution in [0.15, 0.2) is 11.4 Å². The Morgan fingerprint density at radius 3 is 2.78 bits per heavy atom. The topological polar surface area (TPSA) is 41.1 Å². The predicted octanol–water partition coefficient (Wildman–Crippen LogP) is 2.10. The fraction of sp³-hybridized carbons (Fsp3) is 0.643. The van der Waals surface area contributed by atoms with Crippen LogP contribution in [0.5, 0.6) is 0 Å². The minimum Gasteiger partial charge on any atom is -0.355 e. The zero-order chi connectivity index (χ0) is 13.0. The van der Waals surface area contributed by atoms with E-state index in [4.69, 9.17) is 0 Å². The Morgan fingerprint density at radius 1 is 1.50 bits per heavy atom. The summed E-state index contributed by atoms with van der Waals surface area (Å²) in [6.07, 6.45) is 4.18. The van der Waals surface area contributed by atoms with Gasteiger partial charge >= 0.3 is 0 Å². The molecule has 1 aliphatic rings. The molecule has 0 spiro atoms. The lowest BCUT2D eigenvalue weighted by atomic mass is 9.68. The van der Waals surface area contributed by atoms with Gasteiger partial charge in [-0.1, -0.05) is 6.42 Å². The van der Waals surface area contributed by atoms with Crippen LogP contribution >= 0.6 is 11.3 Å². The van der Waals surface area contributed by atoms with Crippen LogP contribution in [0, 0.1) is 12.3 Å². The van der Waals surface area contributed by atoms with Crippen LogP contribution in [-0.2, 0) is 11.2 Å². The average molecular weight is 266 g/mol. The van der Waals surface area contributed by atoms with Gasteiger partial charge in [0.15, 0.2) is 0 Å². The number of aryl methyl sites for hydroxylation is 1. The molecule has 1 aromatic rings. The molecular formula is C14H22N2OS. The molecule has 1 heterocycles. The number of carbonyl (C=O) groups is 1. The summed E-state index contributed by atoms with van der Waals surface area (Å²) in [5.41, 5.74) is 1.21. The maximum absolute atomic E-state index is 12.2. The van der Waals surface area contributed by atoms with Gasteiger partial charge in [0, 0.05) is 18.0 Å². The van der Waals surface area contributed by atoms with Gasteiger partial charge in [-0.2, -0.15) is 0 Å². The van der Waals surface area contributed by atoms with E-state index < -0.39 is 0 Å². The molecule has 0 unspecified atom stereocenters. The molecule has 0 aromatic carbocycles. The molecule has 1 amide bonds. The van der Waals surface area contributed by atoms with Gasteiger partial charge in [-0.05, 0) is 50.2 Å². The van der Waals surface area contributed by atoms with Crippen molar-refractivity contribution < 1.29 is 4.79 Å². The number of nitrogens with one attached hydrogen (secondary N) is 2. The van der Waals surface area contributed by atoms with E-state index in [1.54, 1.807) is 11.3 Å². The number of hydrogen-bond acceptors (Lipinski definition) is 3. The summed E-state index contributed by atoms with van der Waals surface area (Å²) in [7, 11) is 1.92. The maximum atomic E-state index is 12.2. The van der Waals surface area contributed by atoms with E-state index in [1.165, 1.54) is 16.9 Å². The standard InChI is InChI=1S/C14H22N2OS/c1-11-5-9-18-12(11)4-8-16-13(17)14(10-15-2)6-3-7-14/h5,9,15H,3-4,6-8,10H2,1-2H3,(H,16,17). The van der Waals surface area contributed by atoms with Gasteiger partial charge in [0.05, 0.1) is 5.41 Å². The number of carbonyl (C=O) groups excluding carboxylic acids is 1. The van der Waals surface area contributed by atoms with Crippen LogP contribution in [-0.4, -0.2) is 26.0 Å². The highest BCUT2D eigenvalue weighted by atomic mass is 32.1. The lowest BCUT2D eigenvalue weighted by molar-refractivity contribution is -0.135. The minimum atomic E-state index is -0.126. The second-order valence-corrected chi connectivity index (χ2v) is 6.20. The molecule has 1 aromatic heterocycles. The Bertz CT molecular complexity index is 410. The maximum Gasteiger partial charge on any atom is 0.227 e. The SMILES string of the molecule is CNCC1(C(=O)NCCc2sccc2C)CCC1. The van der Waals surface area contributed by atoms with Crippen molar-refractivity contribution in [3.8, 4) is 0 Å². The molecule has 100 valence electrons. The van der Waals surface area contributed by atoms with Crippen molar-refractivity contribution in [1.29, 1.82) is 0 Å². The Balaban J connectivity index is 1.79. The lowest BCUT2D eigenvalue weighted by Crippen LogP contribution is -2.51. The number of hydrogen-bond donors (Lipinski definition) is 2. The minimum absolute atomic E-state index is 0.126. The zero-order valence-electron chi connectivity index (χ0n) is 11.2. The first-order valence-electron chi connectivity index (χ1n) is 6.64. The molecule has 1 aliphatic carbocycles. The second-order valence-electron chi connectivity index (χ2n) is 5.20. The van der Waals surface area contributed by atoms with Gasteiger partial charge < -0.3 is 10.6 Å². The van der Waals surface area contributed by atoms with Gasteiger partial charge in [-0.3, -0.25) is 4.79 Å². The highest BCUT2D eigenvalue weighted by molar-refractivity contribution is 7.10. The normalized spacial score (nSPS) is 17.2. The van der Waals surface area contributed by atoms with E-state index in [9.17, 15) is 4.79 Å². The molecule has 2 N–H and O–H groups in total. The third kappa shape index (κ3) is 2.75. The smallest absolute Gasteiger partial charge is 0.227 e. The Morgan fingerprint density at radius 2 is 2.28 bits per heavy atom. The Kier molecular flexibility index (Phi) is 4.40. The Hall–Kier alpha value is -0.870. The van der Waals surface area contributed by atoms with E-state index in [0.29, 0.717) is 0 Å². The second kappa shape index (κ2) is 5.85. The number of rotatable bonds is 6. The highest BCUT2D eigenvalue weighted by Gasteiger charge is 2.43. The van der Waals surface area contributed by atoms with Gasteiger partial charge in [-0.25, -0.2) is 0 Å². The molecule has 18 heavy (non-hydrogen) atoms. The molecule has 0 bridgehead atoms. The van der Waals surface area contributed by atoms with Gasteiger partial charge in [0.25, 0.3) is 0 Å². The van der Waals surface area contributed by atoms with Crippen LogP contribution in [0.4, 0.5) is 0 Å². The highest BCUT2D eigenvalue weighted by Crippen LogP contribution is 2.40. The average Bonchev–Trinajstić information content (AvgIpc) is 2.69. The van der Waals surface area contributed by atoms with E-state index >= 15 is 0 Å². The van der Waals surface area contributed by atoms with E-state index in [0.717, 1.165) is 32.4 Å². The van der Waals surface area contributed by atoms with Crippen LogP contribution in [0.1, 0.15) is 29.7 Å². The summed E-state index contributed by atoms with van der Waals surface area (Å²) in [6, 6.07) is 2.14. The van der Waals surface area contributed by atoms with E-state index in [-0.39, 0.29) is 11.3 Å².